The molecule has 0 atom stereocenters. The van der Waals surface area contributed by atoms with Crippen LogP contribution in [-0.4, -0.2) is 27.1 Å². The molecule has 3 aromatic rings. The summed E-state index contributed by atoms with van der Waals surface area (Å²) in [5.41, 5.74) is 4.43. The molecule has 0 aliphatic heterocycles. The minimum absolute atomic E-state index is 0.0333. The molecule has 6 nitrogen and oxygen atoms in total. The topological polar surface area (TPSA) is 75.0 Å². The number of aromatic nitrogens is 3. The van der Waals surface area contributed by atoms with E-state index in [1.54, 1.807) is 6.92 Å². The molecule has 124 valence electrons. The van der Waals surface area contributed by atoms with Gasteiger partial charge in [0.05, 0.1) is 6.54 Å². The van der Waals surface area contributed by atoms with E-state index >= 15 is 0 Å². The number of H-pyrrole nitrogens is 1. The first-order chi connectivity index (χ1) is 11.6. The Balaban J connectivity index is 1.60. The molecular formula is C18H20N4O2. The predicted octanol–water partition coefficient (Wildman–Crippen LogP) is 2.34. The van der Waals surface area contributed by atoms with Crippen LogP contribution in [0.25, 0.3) is 10.9 Å². The lowest BCUT2D eigenvalue weighted by Gasteiger charge is -2.14. The molecule has 0 amide bonds. The second-order valence-electron chi connectivity index (χ2n) is 6.59. The monoisotopic (exact) mass is 324 g/mol. The molecule has 0 fully saturated rings. The predicted molar refractivity (Wildman–Crippen MR) is 90.8 cm³/mol. The lowest BCUT2D eigenvalue weighted by atomic mass is 10.0. The van der Waals surface area contributed by atoms with Gasteiger partial charge in [-0.05, 0) is 67.9 Å². The van der Waals surface area contributed by atoms with Crippen molar-refractivity contribution >= 4 is 10.9 Å². The van der Waals surface area contributed by atoms with Gasteiger partial charge < -0.3 is 9.51 Å². The largest absolute Gasteiger partial charge is 0.338 e. The van der Waals surface area contributed by atoms with Crippen molar-refractivity contribution in [2.24, 2.45) is 0 Å². The van der Waals surface area contributed by atoms with Crippen molar-refractivity contribution in [3.63, 3.8) is 0 Å². The van der Waals surface area contributed by atoms with E-state index in [0.717, 1.165) is 29.3 Å². The standard InChI is InChI=1S/C18H20N4O2/c1-11-19-17(24-21-11)10-22(2)9-15-7-14-6-12-4-3-5-13(12)8-16(14)20-18(15)23/h6-8H,3-5,9-10H2,1-2H3,(H,20,23). The van der Waals surface area contributed by atoms with Gasteiger partial charge in [-0.25, -0.2) is 0 Å². The van der Waals surface area contributed by atoms with Crippen LogP contribution < -0.4 is 5.56 Å². The summed E-state index contributed by atoms with van der Waals surface area (Å²) in [7, 11) is 1.94. The molecule has 1 aromatic carbocycles. The first-order valence-corrected chi connectivity index (χ1v) is 8.24. The van der Waals surface area contributed by atoms with E-state index in [0.29, 0.717) is 24.8 Å². The van der Waals surface area contributed by atoms with Gasteiger partial charge in [0.15, 0.2) is 5.82 Å². The lowest BCUT2D eigenvalue weighted by molar-refractivity contribution is 0.259. The molecule has 0 unspecified atom stereocenters. The van der Waals surface area contributed by atoms with Gasteiger partial charge in [0.2, 0.25) is 5.89 Å². The van der Waals surface area contributed by atoms with E-state index in [-0.39, 0.29) is 5.56 Å². The number of aryl methyl sites for hydroxylation is 3. The van der Waals surface area contributed by atoms with Crippen molar-refractivity contribution in [2.45, 2.75) is 39.3 Å². The Bertz CT molecular complexity index is 957. The van der Waals surface area contributed by atoms with E-state index < -0.39 is 0 Å². The third-order valence-electron chi connectivity index (χ3n) is 4.55. The van der Waals surface area contributed by atoms with Crippen molar-refractivity contribution in [3.8, 4) is 0 Å². The molecule has 0 saturated carbocycles. The Morgan fingerprint density at radius 3 is 2.75 bits per heavy atom. The van der Waals surface area contributed by atoms with Crippen molar-refractivity contribution in [2.75, 3.05) is 7.05 Å². The smallest absolute Gasteiger partial charge is 0.252 e. The fourth-order valence-corrected chi connectivity index (χ4v) is 3.43. The summed E-state index contributed by atoms with van der Waals surface area (Å²) in [6.07, 6.45) is 3.45. The Hall–Kier alpha value is -2.47. The van der Waals surface area contributed by atoms with Gasteiger partial charge in [-0.2, -0.15) is 4.98 Å². The molecule has 2 aromatic heterocycles. The third kappa shape index (κ3) is 2.85. The van der Waals surface area contributed by atoms with E-state index in [1.165, 1.54) is 17.5 Å². The SMILES string of the molecule is Cc1noc(CN(C)Cc2cc3cc4c(cc3[nH]c2=O)CCC4)n1. The molecule has 2 heterocycles. The maximum atomic E-state index is 12.4. The minimum Gasteiger partial charge on any atom is -0.338 e. The van der Waals surface area contributed by atoms with Crippen molar-refractivity contribution in [1.82, 2.24) is 20.0 Å². The molecule has 1 N–H and O–H groups in total. The highest BCUT2D eigenvalue weighted by Gasteiger charge is 2.14. The van der Waals surface area contributed by atoms with Crippen LogP contribution in [-0.2, 0) is 25.9 Å². The van der Waals surface area contributed by atoms with Gasteiger partial charge in [0.1, 0.15) is 0 Å². The van der Waals surface area contributed by atoms with Crippen LogP contribution in [0.1, 0.15) is 34.8 Å². The summed E-state index contributed by atoms with van der Waals surface area (Å²) in [6.45, 7) is 2.84. The third-order valence-corrected chi connectivity index (χ3v) is 4.55. The highest BCUT2D eigenvalue weighted by Crippen LogP contribution is 2.26. The number of pyridine rings is 1. The first-order valence-electron chi connectivity index (χ1n) is 8.24. The average molecular weight is 324 g/mol. The molecule has 4 rings (SSSR count). The van der Waals surface area contributed by atoms with Gasteiger partial charge in [-0.3, -0.25) is 9.69 Å². The van der Waals surface area contributed by atoms with Gasteiger partial charge in [0, 0.05) is 17.6 Å². The van der Waals surface area contributed by atoms with Crippen LogP contribution in [0, 0.1) is 6.92 Å². The number of hydrogen-bond acceptors (Lipinski definition) is 5. The summed E-state index contributed by atoms with van der Waals surface area (Å²) in [5.74, 6) is 1.18. The summed E-state index contributed by atoms with van der Waals surface area (Å²) >= 11 is 0. The number of rotatable bonds is 4. The molecule has 1 aliphatic rings. The molecule has 6 heteroatoms. The number of hydrogen-bond donors (Lipinski definition) is 1. The Morgan fingerprint density at radius 1 is 1.21 bits per heavy atom. The van der Waals surface area contributed by atoms with Crippen LogP contribution in [0.4, 0.5) is 0 Å². The van der Waals surface area contributed by atoms with Gasteiger partial charge >= 0.3 is 0 Å². The molecular weight excluding hydrogens is 304 g/mol. The second kappa shape index (κ2) is 5.87. The van der Waals surface area contributed by atoms with Crippen LogP contribution in [0.3, 0.4) is 0 Å². The van der Waals surface area contributed by atoms with Crippen molar-refractivity contribution in [1.29, 1.82) is 0 Å². The van der Waals surface area contributed by atoms with Crippen LogP contribution in [0.2, 0.25) is 0 Å². The Kier molecular flexibility index (Phi) is 3.69. The quantitative estimate of drug-likeness (QED) is 0.797. The number of aromatic amines is 1. The summed E-state index contributed by atoms with van der Waals surface area (Å²) in [6, 6.07) is 6.36. The zero-order valence-corrected chi connectivity index (χ0v) is 13.9. The summed E-state index contributed by atoms with van der Waals surface area (Å²) < 4.78 is 5.13. The highest BCUT2D eigenvalue weighted by molar-refractivity contribution is 5.81. The number of nitrogens with one attached hydrogen (secondary N) is 1. The van der Waals surface area contributed by atoms with Gasteiger partial charge in [-0.1, -0.05) is 5.16 Å². The maximum absolute atomic E-state index is 12.4. The van der Waals surface area contributed by atoms with E-state index in [1.807, 2.05) is 18.0 Å². The van der Waals surface area contributed by atoms with Crippen molar-refractivity contribution < 1.29 is 4.52 Å². The van der Waals surface area contributed by atoms with E-state index in [2.05, 4.69) is 27.3 Å². The Labute approximate surface area is 139 Å². The Morgan fingerprint density at radius 2 is 2.00 bits per heavy atom. The molecule has 0 radical (unpaired) electrons. The highest BCUT2D eigenvalue weighted by atomic mass is 16.5. The maximum Gasteiger partial charge on any atom is 0.252 e. The van der Waals surface area contributed by atoms with E-state index in [9.17, 15) is 4.79 Å². The molecule has 0 bridgehead atoms. The zero-order valence-electron chi connectivity index (χ0n) is 13.9. The van der Waals surface area contributed by atoms with Gasteiger partial charge in [-0.15, -0.1) is 0 Å². The minimum atomic E-state index is -0.0333. The van der Waals surface area contributed by atoms with Crippen LogP contribution in [0.15, 0.2) is 27.5 Å². The lowest BCUT2D eigenvalue weighted by Crippen LogP contribution is -2.23. The molecule has 0 saturated heterocycles. The summed E-state index contributed by atoms with van der Waals surface area (Å²) in [4.78, 5) is 21.6. The van der Waals surface area contributed by atoms with Crippen LogP contribution in [0.5, 0.6) is 0 Å². The number of fused-ring (bicyclic) bond motifs is 2. The molecule has 1 aliphatic carbocycles. The first kappa shape index (κ1) is 15.1. The van der Waals surface area contributed by atoms with Crippen molar-refractivity contribution in [3.05, 3.63) is 57.0 Å². The zero-order chi connectivity index (χ0) is 16.7. The number of benzene rings is 1. The second-order valence-corrected chi connectivity index (χ2v) is 6.59. The molecule has 24 heavy (non-hydrogen) atoms. The molecule has 0 spiro atoms. The normalized spacial score (nSPS) is 13.8. The fourth-order valence-electron chi connectivity index (χ4n) is 3.43. The van der Waals surface area contributed by atoms with Crippen LogP contribution >= 0.6 is 0 Å². The van der Waals surface area contributed by atoms with Gasteiger partial charge in [0.25, 0.3) is 5.56 Å². The van der Waals surface area contributed by atoms with E-state index in [4.69, 9.17) is 4.52 Å². The summed E-state index contributed by atoms with van der Waals surface area (Å²) in [5, 5.41) is 4.89. The fraction of sp³-hybridized carbons (Fsp3) is 0.389. The number of nitrogens with zero attached hydrogens (tertiary/aromatic N) is 3. The average Bonchev–Trinajstić information content (AvgIpc) is 3.14.